The number of carbonyl (C=O) groups excluding carboxylic acids is 2. The van der Waals surface area contributed by atoms with Crippen molar-refractivity contribution in [2.45, 2.75) is 174 Å². The minimum atomic E-state index is -4.79. The monoisotopic (exact) mass is 764 g/mol. The van der Waals surface area contributed by atoms with E-state index in [1.54, 1.807) is 6.08 Å². The van der Waals surface area contributed by atoms with Gasteiger partial charge < -0.3 is 24.4 Å². The number of hydrogen-bond donors (Lipinski definition) is 3. The van der Waals surface area contributed by atoms with Crippen molar-refractivity contribution in [3.8, 4) is 0 Å². The lowest BCUT2D eigenvalue weighted by Gasteiger charge is -2.18. The summed E-state index contributed by atoms with van der Waals surface area (Å²) in [7, 11) is -4.79. The lowest BCUT2D eigenvalue weighted by Crippen LogP contribution is -2.29. The van der Waals surface area contributed by atoms with E-state index in [9.17, 15) is 19.3 Å². The summed E-state index contributed by atoms with van der Waals surface area (Å²) in [6, 6.07) is 0. The number of allylic oxidation sites excluding steroid dienone is 10. The van der Waals surface area contributed by atoms with Gasteiger partial charge in [0.25, 0.3) is 0 Å². The lowest BCUT2D eigenvalue weighted by molar-refractivity contribution is -0.161. The number of aliphatic hydroxyl groups excluding tert-OH is 1. The summed E-state index contributed by atoms with van der Waals surface area (Å²) in [4.78, 5) is 42.8. The van der Waals surface area contributed by atoms with Crippen molar-refractivity contribution in [3.63, 3.8) is 0 Å². The molecule has 0 aliphatic carbocycles. The van der Waals surface area contributed by atoms with Crippen LogP contribution in [0.15, 0.2) is 72.9 Å². The second kappa shape index (κ2) is 37.8. The largest absolute Gasteiger partial charge is 0.469 e. The summed E-state index contributed by atoms with van der Waals surface area (Å²) in [5.41, 5.74) is 0. The highest BCUT2D eigenvalue weighted by molar-refractivity contribution is 7.46. The van der Waals surface area contributed by atoms with E-state index in [1.807, 2.05) is 42.5 Å². The van der Waals surface area contributed by atoms with Gasteiger partial charge in [-0.15, -0.1) is 0 Å². The molecule has 2 atom stereocenters. The first-order chi connectivity index (χ1) is 25.7. The number of unbranched alkanes of at least 4 members (excludes halogenated alkanes) is 14. The van der Waals surface area contributed by atoms with Gasteiger partial charge in [-0.25, -0.2) is 4.57 Å². The molecule has 304 valence electrons. The first-order valence-electron chi connectivity index (χ1n) is 20.3. The minimum absolute atomic E-state index is 0.0977. The van der Waals surface area contributed by atoms with Crippen LogP contribution in [0, 0.1) is 0 Å². The van der Waals surface area contributed by atoms with Crippen LogP contribution >= 0.6 is 7.82 Å². The molecular weight excluding hydrogens is 691 g/mol. The van der Waals surface area contributed by atoms with Crippen LogP contribution in [0.1, 0.15) is 162 Å². The third-order valence-electron chi connectivity index (χ3n) is 8.29. The van der Waals surface area contributed by atoms with E-state index in [1.165, 1.54) is 64.2 Å². The van der Waals surface area contributed by atoms with Gasteiger partial charge in [0.15, 0.2) is 6.10 Å². The van der Waals surface area contributed by atoms with Crippen molar-refractivity contribution in [2.75, 3.05) is 13.2 Å². The number of esters is 2. The molecule has 0 bridgehead atoms. The Hall–Kier alpha value is -2.55. The number of phosphoric ester groups is 1. The standard InChI is InChI=1S/C43H73O9P/c1-3-5-7-9-11-12-13-14-15-16-17-18-19-20-24-28-32-36-42(45)50-38-41(39-51-53(47,48)49)52-43(46)37-33-29-25-22-21-23-27-31-35-40(44)34-30-26-10-8-6-4-2/h6,8,14-15,22-23,25-27,30-31,35,40-41,44H,3-5,7,9-13,16-21,24,28-29,32-34,36-39H2,1-2H3,(H2,47,48,49)/b8-6-,15-14-,25-22-,27-23-,30-26-,35-31+/t40?,41-/m1/s1. The van der Waals surface area contributed by atoms with Crippen LogP contribution in [-0.4, -0.2) is 52.3 Å². The molecule has 0 aliphatic heterocycles. The molecule has 0 fully saturated rings. The van der Waals surface area contributed by atoms with E-state index >= 15 is 0 Å². The maximum absolute atomic E-state index is 12.4. The van der Waals surface area contributed by atoms with E-state index in [2.05, 4.69) is 42.7 Å². The summed E-state index contributed by atoms with van der Waals surface area (Å²) in [6.45, 7) is 3.43. The topological polar surface area (TPSA) is 140 Å². The maximum Gasteiger partial charge on any atom is 0.469 e. The molecule has 9 nitrogen and oxygen atoms in total. The van der Waals surface area contributed by atoms with Gasteiger partial charge in [-0.3, -0.25) is 14.1 Å². The van der Waals surface area contributed by atoms with Crippen LogP contribution in [0.25, 0.3) is 0 Å². The van der Waals surface area contributed by atoms with Gasteiger partial charge in [-0.05, 0) is 70.6 Å². The fraction of sp³-hybridized carbons (Fsp3) is 0.674. The summed E-state index contributed by atoms with van der Waals surface area (Å²) in [5, 5.41) is 9.98. The quantitative estimate of drug-likeness (QED) is 0.0187. The van der Waals surface area contributed by atoms with Crippen LogP contribution in [0.3, 0.4) is 0 Å². The SMILES string of the molecule is CC/C=C\C/C=C\CC(O)/C=C/C=C\C/C=C\CCCC(=O)O[C@H](COC(=O)CCCCCCCCC/C=C\CCCCCCCC)COP(=O)(O)O. The molecule has 53 heavy (non-hydrogen) atoms. The number of rotatable bonds is 36. The second-order valence-corrected chi connectivity index (χ2v) is 14.7. The molecular formula is C43H73O9P. The Morgan fingerprint density at radius 3 is 1.81 bits per heavy atom. The highest BCUT2D eigenvalue weighted by Crippen LogP contribution is 2.36. The van der Waals surface area contributed by atoms with Gasteiger partial charge in [-0.1, -0.05) is 151 Å². The molecule has 1 unspecified atom stereocenters. The highest BCUT2D eigenvalue weighted by atomic mass is 31.2. The Morgan fingerprint density at radius 1 is 0.604 bits per heavy atom. The number of ether oxygens (including phenoxy) is 2. The van der Waals surface area contributed by atoms with Crippen molar-refractivity contribution in [3.05, 3.63) is 72.9 Å². The summed E-state index contributed by atoms with van der Waals surface area (Å²) >= 11 is 0. The normalized spacial score (nSPS) is 13.8. The average Bonchev–Trinajstić information content (AvgIpc) is 3.12. The van der Waals surface area contributed by atoms with Gasteiger partial charge >= 0.3 is 19.8 Å². The fourth-order valence-corrected chi connectivity index (χ4v) is 5.61. The first-order valence-corrected chi connectivity index (χ1v) is 21.9. The van der Waals surface area contributed by atoms with Crippen molar-refractivity contribution < 1.29 is 43.0 Å². The molecule has 0 heterocycles. The molecule has 0 aliphatic rings. The van der Waals surface area contributed by atoms with Crippen LogP contribution in [0.2, 0.25) is 0 Å². The Bertz CT molecular complexity index is 1100. The molecule has 0 saturated carbocycles. The second-order valence-electron chi connectivity index (χ2n) is 13.4. The van der Waals surface area contributed by atoms with Gasteiger partial charge in [0.05, 0.1) is 12.7 Å². The molecule has 0 spiro atoms. The van der Waals surface area contributed by atoms with Gasteiger partial charge in [0.1, 0.15) is 6.61 Å². The number of phosphoric acid groups is 1. The van der Waals surface area contributed by atoms with Gasteiger partial charge in [0.2, 0.25) is 0 Å². The van der Waals surface area contributed by atoms with Gasteiger partial charge in [-0.2, -0.15) is 0 Å². The first kappa shape index (κ1) is 50.5. The fourth-order valence-electron chi connectivity index (χ4n) is 5.25. The molecule has 0 saturated heterocycles. The van der Waals surface area contributed by atoms with Crippen LogP contribution in [0.5, 0.6) is 0 Å². The molecule has 0 aromatic rings. The Morgan fingerprint density at radius 2 is 1.15 bits per heavy atom. The molecule has 0 rings (SSSR count). The zero-order valence-electron chi connectivity index (χ0n) is 33.0. The van der Waals surface area contributed by atoms with Crippen molar-refractivity contribution in [1.29, 1.82) is 0 Å². The zero-order valence-corrected chi connectivity index (χ0v) is 33.9. The molecule has 0 aromatic heterocycles. The summed E-state index contributed by atoms with van der Waals surface area (Å²) < 4.78 is 26.3. The van der Waals surface area contributed by atoms with Crippen molar-refractivity contribution in [2.24, 2.45) is 0 Å². The van der Waals surface area contributed by atoms with Crippen molar-refractivity contribution >= 4 is 19.8 Å². The predicted octanol–water partition coefficient (Wildman–Crippen LogP) is 11.3. The van der Waals surface area contributed by atoms with Crippen LogP contribution in [0.4, 0.5) is 0 Å². The Kier molecular flexibility index (Phi) is 35.9. The molecule has 0 amide bonds. The Labute approximate surface area is 322 Å². The summed E-state index contributed by atoms with van der Waals surface area (Å²) in [5.74, 6) is -1.00. The molecule has 0 radical (unpaired) electrons. The highest BCUT2D eigenvalue weighted by Gasteiger charge is 2.22. The zero-order chi connectivity index (χ0) is 39.1. The third kappa shape index (κ3) is 40.5. The number of hydrogen-bond acceptors (Lipinski definition) is 7. The van der Waals surface area contributed by atoms with Gasteiger partial charge in [0, 0.05) is 12.8 Å². The summed E-state index contributed by atoms with van der Waals surface area (Å²) in [6.07, 6.45) is 45.1. The van der Waals surface area contributed by atoms with E-state index in [-0.39, 0.29) is 19.4 Å². The molecule has 10 heteroatoms. The molecule has 0 aromatic carbocycles. The minimum Gasteiger partial charge on any atom is -0.462 e. The smallest absolute Gasteiger partial charge is 0.462 e. The maximum atomic E-state index is 12.4. The Balaban J connectivity index is 4.11. The third-order valence-corrected chi connectivity index (χ3v) is 8.77. The average molecular weight is 765 g/mol. The van der Waals surface area contributed by atoms with E-state index in [0.717, 1.165) is 38.5 Å². The van der Waals surface area contributed by atoms with E-state index in [0.29, 0.717) is 32.1 Å². The number of aliphatic hydroxyl groups is 1. The number of carbonyl (C=O) groups is 2. The predicted molar refractivity (Wildman–Crippen MR) is 217 cm³/mol. The van der Waals surface area contributed by atoms with Crippen LogP contribution < -0.4 is 0 Å². The lowest BCUT2D eigenvalue weighted by atomic mass is 10.1. The molecule has 3 N–H and O–H groups in total. The van der Waals surface area contributed by atoms with Crippen molar-refractivity contribution in [1.82, 2.24) is 0 Å². The van der Waals surface area contributed by atoms with E-state index < -0.39 is 38.6 Å². The van der Waals surface area contributed by atoms with E-state index in [4.69, 9.17) is 19.3 Å². The van der Waals surface area contributed by atoms with Crippen LogP contribution in [-0.2, 0) is 28.2 Å².